The van der Waals surface area contributed by atoms with Crippen LogP contribution >= 0.6 is 0 Å². The average molecular weight is 301 g/mol. The third-order valence-electron chi connectivity index (χ3n) is 3.54. The van der Waals surface area contributed by atoms with E-state index in [9.17, 15) is 12.8 Å². The van der Waals surface area contributed by atoms with Crippen LogP contribution in [0.3, 0.4) is 0 Å². The molecule has 0 N–H and O–H groups in total. The van der Waals surface area contributed by atoms with E-state index >= 15 is 0 Å². The van der Waals surface area contributed by atoms with E-state index in [4.69, 9.17) is 4.74 Å². The van der Waals surface area contributed by atoms with Crippen molar-refractivity contribution < 1.29 is 17.5 Å². The zero-order valence-corrected chi connectivity index (χ0v) is 13.1. The first-order chi connectivity index (χ1) is 9.16. The third-order valence-corrected chi connectivity index (χ3v) is 5.96. The SMILES string of the molecule is Cc1cc(F)cc(C)c1S(=O)(=O)N1CCOCC1(C)C. The van der Waals surface area contributed by atoms with Gasteiger partial charge in [-0.15, -0.1) is 0 Å². The number of nitrogens with zero attached hydrogens (tertiary/aromatic N) is 1. The predicted octanol–water partition coefficient (Wildman–Crippen LogP) is 2.24. The van der Waals surface area contributed by atoms with Crippen LogP contribution in [0.5, 0.6) is 0 Å². The number of rotatable bonds is 2. The molecule has 0 saturated carbocycles. The highest BCUT2D eigenvalue weighted by Gasteiger charge is 2.40. The lowest BCUT2D eigenvalue weighted by atomic mass is 10.1. The first kappa shape index (κ1) is 15.4. The molecule has 0 amide bonds. The highest BCUT2D eigenvalue weighted by molar-refractivity contribution is 7.89. The molecule has 4 nitrogen and oxygen atoms in total. The maximum absolute atomic E-state index is 13.4. The third kappa shape index (κ3) is 2.60. The molecule has 1 aliphatic rings. The molecule has 1 heterocycles. The summed E-state index contributed by atoms with van der Waals surface area (Å²) in [5.74, 6) is -0.416. The number of hydrogen-bond donors (Lipinski definition) is 0. The average Bonchev–Trinajstić information content (AvgIpc) is 2.25. The topological polar surface area (TPSA) is 46.6 Å². The molecular weight excluding hydrogens is 281 g/mol. The van der Waals surface area contributed by atoms with Crippen molar-refractivity contribution in [3.63, 3.8) is 0 Å². The van der Waals surface area contributed by atoms with Gasteiger partial charge in [0.2, 0.25) is 10.0 Å². The number of ether oxygens (including phenoxy) is 1. The molecule has 6 heteroatoms. The lowest BCUT2D eigenvalue weighted by Gasteiger charge is -2.41. The zero-order chi connectivity index (χ0) is 15.1. The van der Waals surface area contributed by atoms with Crippen LogP contribution < -0.4 is 0 Å². The van der Waals surface area contributed by atoms with Crippen molar-refractivity contribution in [2.75, 3.05) is 19.8 Å². The maximum Gasteiger partial charge on any atom is 0.244 e. The van der Waals surface area contributed by atoms with Gasteiger partial charge in [0.1, 0.15) is 5.82 Å². The Morgan fingerprint density at radius 3 is 2.30 bits per heavy atom. The highest BCUT2D eigenvalue weighted by atomic mass is 32.2. The smallest absolute Gasteiger partial charge is 0.244 e. The van der Waals surface area contributed by atoms with E-state index in [0.29, 0.717) is 30.9 Å². The molecule has 0 aliphatic carbocycles. The summed E-state index contributed by atoms with van der Waals surface area (Å²) in [5.41, 5.74) is 0.263. The molecule has 0 radical (unpaired) electrons. The number of benzene rings is 1. The minimum Gasteiger partial charge on any atom is -0.378 e. The molecule has 0 aromatic heterocycles. The monoisotopic (exact) mass is 301 g/mol. The van der Waals surface area contributed by atoms with Crippen molar-refractivity contribution in [2.24, 2.45) is 0 Å². The standard InChI is InChI=1S/C14H20FNO3S/c1-10-7-12(15)8-11(2)13(10)20(17,18)16-5-6-19-9-14(16,3)4/h7-8H,5-6,9H2,1-4H3. The van der Waals surface area contributed by atoms with E-state index in [-0.39, 0.29) is 4.90 Å². The van der Waals surface area contributed by atoms with Crippen molar-refractivity contribution in [1.29, 1.82) is 0 Å². The summed E-state index contributed by atoms with van der Waals surface area (Å²) in [6.45, 7) is 7.95. The van der Waals surface area contributed by atoms with Crippen LogP contribution in [-0.2, 0) is 14.8 Å². The molecular formula is C14H20FNO3S. The van der Waals surface area contributed by atoms with E-state index < -0.39 is 21.4 Å². The second-order valence-electron chi connectivity index (χ2n) is 5.81. The van der Waals surface area contributed by atoms with Crippen molar-refractivity contribution in [1.82, 2.24) is 4.31 Å². The van der Waals surface area contributed by atoms with Crippen LogP contribution in [0.4, 0.5) is 4.39 Å². The predicted molar refractivity (Wildman–Crippen MR) is 74.7 cm³/mol. The summed E-state index contributed by atoms with van der Waals surface area (Å²) >= 11 is 0. The number of morpholine rings is 1. The molecule has 20 heavy (non-hydrogen) atoms. The summed E-state index contributed by atoms with van der Waals surface area (Å²) in [6, 6.07) is 2.51. The Labute approximate surface area is 119 Å². The van der Waals surface area contributed by atoms with Crippen LogP contribution in [0.1, 0.15) is 25.0 Å². The Morgan fingerprint density at radius 2 is 1.80 bits per heavy atom. The quantitative estimate of drug-likeness (QED) is 0.841. The van der Waals surface area contributed by atoms with Crippen molar-refractivity contribution in [3.8, 4) is 0 Å². The van der Waals surface area contributed by atoms with Gasteiger partial charge in [-0.25, -0.2) is 12.8 Å². The van der Waals surface area contributed by atoms with Crippen LogP contribution in [0.25, 0.3) is 0 Å². The van der Waals surface area contributed by atoms with Crippen LogP contribution in [0, 0.1) is 19.7 Å². The first-order valence-corrected chi connectivity index (χ1v) is 7.97. The lowest BCUT2D eigenvalue weighted by molar-refractivity contribution is -0.00773. The minimum absolute atomic E-state index is 0.203. The summed E-state index contributed by atoms with van der Waals surface area (Å²) in [5, 5.41) is 0. The number of hydrogen-bond acceptors (Lipinski definition) is 3. The Balaban J connectivity index is 2.56. The molecule has 0 atom stereocenters. The van der Waals surface area contributed by atoms with Crippen LogP contribution in [0.15, 0.2) is 17.0 Å². The molecule has 0 unspecified atom stereocenters. The molecule has 1 fully saturated rings. The minimum atomic E-state index is -3.66. The number of sulfonamides is 1. The van der Waals surface area contributed by atoms with Crippen LogP contribution in [0.2, 0.25) is 0 Å². The Morgan fingerprint density at radius 1 is 1.25 bits per heavy atom. The first-order valence-electron chi connectivity index (χ1n) is 6.53. The Kier molecular flexibility index (Phi) is 3.92. The maximum atomic E-state index is 13.4. The Hall–Kier alpha value is -0.980. The summed E-state index contributed by atoms with van der Waals surface area (Å²) in [6.07, 6.45) is 0. The fourth-order valence-electron chi connectivity index (χ4n) is 2.70. The second kappa shape index (κ2) is 5.09. The fraction of sp³-hybridized carbons (Fsp3) is 0.571. The molecule has 1 aromatic carbocycles. The van der Waals surface area contributed by atoms with Crippen LogP contribution in [-0.4, -0.2) is 38.0 Å². The van der Waals surface area contributed by atoms with Gasteiger partial charge in [-0.1, -0.05) is 0 Å². The van der Waals surface area contributed by atoms with Gasteiger partial charge in [-0.3, -0.25) is 0 Å². The molecule has 0 spiro atoms. The second-order valence-corrected chi connectivity index (χ2v) is 7.61. The van der Waals surface area contributed by atoms with Gasteiger partial charge in [-0.05, 0) is 51.0 Å². The molecule has 1 aromatic rings. The van der Waals surface area contributed by atoms with Crippen molar-refractivity contribution in [2.45, 2.75) is 38.1 Å². The van der Waals surface area contributed by atoms with E-state index in [1.807, 2.05) is 13.8 Å². The van der Waals surface area contributed by atoms with Gasteiger partial charge in [0, 0.05) is 6.54 Å². The molecule has 1 aliphatic heterocycles. The van der Waals surface area contributed by atoms with Gasteiger partial charge in [0.05, 0.1) is 23.6 Å². The fourth-order valence-corrected chi connectivity index (χ4v) is 4.87. The summed E-state index contributed by atoms with van der Waals surface area (Å²) in [4.78, 5) is 0.203. The van der Waals surface area contributed by atoms with E-state index in [1.165, 1.54) is 16.4 Å². The molecule has 1 saturated heterocycles. The zero-order valence-electron chi connectivity index (χ0n) is 12.2. The van der Waals surface area contributed by atoms with Gasteiger partial charge < -0.3 is 4.74 Å². The van der Waals surface area contributed by atoms with E-state index in [0.717, 1.165) is 0 Å². The van der Waals surface area contributed by atoms with E-state index in [1.54, 1.807) is 13.8 Å². The largest absolute Gasteiger partial charge is 0.378 e. The summed E-state index contributed by atoms with van der Waals surface area (Å²) < 4.78 is 46.0. The van der Waals surface area contributed by atoms with Gasteiger partial charge in [-0.2, -0.15) is 4.31 Å². The highest BCUT2D eigenvalue weighted by Crippen LogP contribution is 2.31. The van der Waals surface area contributed by atoms with Crippen molar-refractivity contribution >= 4 is 10.0 Å². The summed E-state index contributed by atoms with van der Waals surface area (Å²) in [7, 11) is -3.66. The molecule has 112 valence electrons. The number of aryl methyl sites for hydroxylation is 2. The Bertz CT molecular complexity index is 602. The normalized spacial score (nSPS) is 20.1. The molecule has 2 rings (SSSR count). The number of halogens is 1. The van der Waals surface area contributed by atoms with Gasteiger partial charge >= 0.3 is 0 Å². The molecule has 0 bridgehead atoms. The van der Waals surface area contributed by atoms with Gasteiger partial charge in [0.15, 0.2) is 0 Å². The van der Waals surface area contributed by atoms with E-state index in [2.05, 4.69) is 0 Å². The van der Waals surface area contributed by atoms with Crippen molar-refractivity contribution in [3.05, 3.63) is 29.1 Å². The lowest BCUT2D eigenvalue weighted by Crippen LogP contribution is -2.55. The van der Waals surface area contributed by atoms with Gasteiger partial charge in [0.25, 0.3) is 0 Å².